The van der Waals surface area contributed by atoms with Gasteiger partial charge in [-0.25, -0.2) is 0 Å². The number of rotatable bonds is 2. The number of ether oxygens (including phenoxy) is 1. The highest BCUT2D eigenvalue weighted by Gasteiger charge is 2.28. The number of aliphatic hydroxyl groups is 1. The standard InChI is InChI=1S/C16H19NO2/c1-16(2,18)15-11-5-4-6-13(11)17-14-8-7-10(19-3)9-12(14)15/h7-9,18H,4-6H2,1-3H3. The van der Waals surface area contributed by atoms with Crippen LogP contribution in [0.3, 0.4) is 0 Å². The Bertz CT molecular complexity index is 641. The van der Waals surface area contributed by atoms with Gasteiger partial charge >= 0.3 is 0 Å². The van der Waals surface area contributed by atoms with Crippen molar-refractivity contribution in [3.8, 4) is 5.75 Å². The van der Waals surface area contributed by atoms with E-state index in [0.29, 0.717) is 0 Å². The molecule has 3 heteroatoms. The summed E-state index contributed by atoms with van der Waals surface area (Å²) in [5.74, 6) is 0.803. The summed E-state index contributed by atoms with van der Waals surface area (Å²) in [5, 5.41) is 11.6. The average molecular weight is 257 g/mol. The van der Waals surface area contributed by atoms with Crippen LogP contribution in [0, 0.1) is 0 Å². The lowest BCUT2D eigenvalue weighted by Gasteiger charge is -2.24. The van der Waals surface area contributed by atoms with Crippen molar-refractivity contribution in [1.29, 1.82) is 0 Å². The minimum absolute atomic E-state index is 0.803. The van der Waals surface area contributed by atoms with E-state index in [1.54, 1.807) is 7.11 Å². The third-order valence-electron chi connectivity index (χ3n) is 3.83. The zero-order chi connectivity index (χ0) is 13.6. The smallest absolute Gasteiger partial charge is 0.119 e. The third-order valence-corrected chi connectivity index (χ3v) is 3.83. The molecule has 0 bridgehead atoms. The SMILES string of the molecule is COc1ccc2nc3c(c(C(C)(C)O)c2c1)CCC3. The second-order valence-electron chi connectivity index (χ2n) is 5.71. The Hall–Kier alpha value is -1.61. The largest absolute Gasteiger partial charge is 0.497 e. The minimum atomic E-state index is -0.859. The first-order valence-electron chi connectivity index (χ1n) is 6.73. The Morgan fingerprint density at radius 1 is 1.26 bits per heavy atom. The summed E-state index contributed by atoms with van der Waals surface area (Å²) in [4.78, 5) is 4.74. The van der Waals surface area contributed by atoms with Crippen molar-refractivity contribution in [2.24, 2.45) is 0 Å². The molecule has 2 aromatic rings. The summed E-state index contributed by atoms with van der Waals surface area (Å²) in [6, 6.07) is 5.88. The van der Waals surface area contributed by atoms with Crippen LogP contribution in [0.1, 0.15) is 37.1 Å². The number of hydrogen-bond acceptors (Lipinski definition) is 3. The summed E-state index contributed by atoms with van der Waals surface area (Å²) in [5.41, 5.74) is 3.48. The van der Waals surface area contributed by atoms with E-state index in [4.69, 9.17) is 9.72 Å². The van der Waals surface area contributed by atoms with Crippen LogP contribution in [0.25, 0.3) is 10.9 Å². The van der Waals surface area contributed by atoms with Gasteiger partial charge in [-0.15, -0.1) is 0 Å². The summed E-state index contributed by atoms with van der Waals surface area (Å²) >= 11 is 0. The molecule has 3 rings (SSSR count). The van der Waals surface area contributed by atoms with Crippen molar-refractivity contribution in [3.63, 3.8) is 0 Å². The lowest BCUT2D eigenvalue weighted by Crippen LogP contribution is -2.19. The number of fused-ring (bicyclic) bond motifs is 2. The monoisotopic (exact) mass is 257 g/mol. The number of hydrogen-bond donors (Lipinski definition) is 1. The van der Waals surface area contributed by atoms with E-state index < -0.39 is 5.60 Å². The Morgan fingerprint density at radius 2 is 2.05 bits per heavy atom. The van der Waals surface area contributed by atoms with E-state index in [-0.39, 0.29) is 0 Å². The Balaban J connectivity index is 2.39. The van der Waals surface area contributed by atoms with Crippen molar-refractivity contribution in [1.82, 2.24) is 4.98 Å². The average Bonchev–Trinajstić information content (AvgIpc) is 2.80. The molecule has 1 N–H and O–H groups in total. The van der Waals surface area contributed by atoms with Gasteiger partial charge in [0.15, 0.2) is 0 Å². The molecule has 0 saturated carbocycles. The predicted molar refractivity (Wildman–Crippen MR) is 75.6 cm³/mol. The first kappa shape index (κ1) is 12.4. The van der Waals surface area contributed by atoms with Crippen molar-refractivity contribution in [3.05, 3.63) is 35.0 Å². The summed E-state index contributed by atoms with van der Waals surface area (Å²) in [7, 11) is 1.66. The molecule has 1 heterocycles. The fourth-order valence-corrected chi connectivity index (χ4v) is 3.07. The number of benzene rings is 1. The maximum absolute atomic E-state index is 10.5. The van der Waals surface area contributed by atoms with Gasteiger partial charge in [0.1, 0.15) is 5.75 Å². The Morgan fingerprint density at radius 3 is 2.74 bits per heavy atom. The highest BCUT2D eigenvalue weighted by Crippen LogP contribution is 2.37. The topological polar surface area (TPSA) is 42.4 Å². The molecular weight excluding hydrogens is 238 g/mol. The zero-order valence-corrected chi connectivity index (χ0v) is 11.7. The number of nitrogens with zero attached hydrogens (tertiary/aromatic N) is 1. The molecule has 3 nitrogen and oxygen atoms in total. The van der Waals surface area contributed by atoms with Crippen LogP contribution in [-0.4, -0.2) is 17.2 Å². The molecule has 1 aliphatic rings. The van der Waals surface area contributed by atoms with E-state index in [9.17, 15) is 5.11 Å². The summed E-state index contributed by atoms with van der Waals surface area (Å²) in [6.07, 6.45) is 3.15. The van der Waals surface area contributed by atoms with E-state index in [1.807, 2.05) is 32.0 Å². The van der Waals surface area contributed by atoms with Gasteiger partial charge in [0, 0.05) is 11.1 Å². The molecule has 0 fully saturated rings. The lowest BCUT2D eigenvalue weighted by atomic mass is 9.89. The summed E-state index contributed by atoms with van der Waals surface area (Å²) < 4.78 is 5.30. The first-order chi connectivity index (χ1) is 9.00. The molecule has 0 radical (unpaired) electrons. The second kappa shape index (κ2) is 4.20. The van der Waals surface area contributed by atoms with Gasteiger partial charge in [0.25, 0.3) is 0 Å². The number of pyridine rings is 1. The lowest BCUT2D eigenvalue weighted by molar-refractivity contribution is 0.0792. The van der Waals surface area contributed by atoms with Crippen molar-refractivity contribution in [2.45, 2.75) is 38.7 Å². The third kappa shape index (κ3) is 1.98. The maximum atomic E-state index is 10.5. The highest BCUT2D eigenvalue weighted by atomic mass is 16.5. The minimum Gasteiger partial charge on any atom is -0.497 e. The van der Waals surface area contributed by atoms with Crippen LogP contribution in [0.5, 0.6) is 5.75 Å². The zero-order valence-electron chi connectivity index (χ0n) is 11.7. The molecule has 0 amide bonds. The van der Waals surface area contributed by atoms with Gasteiger partial charge in [-0.1, -0.05) is 0 Å². The van der Waals surface area contributed by atoms with Crippen LogP contribution in [0.4, 0.5) is 0 Å². The molecule has 1 aromatic carbocycles. The fourth-order valence-electron chi connectivity index (χ4n) is 3.07. The van der Waals surface area contributed by atoms with Gasteiger partial charge in [0.05, 0.1) is 18.2 Å². The van der Waals surface area contributed by atoms with Gasteiger partial charge in [-0.2, -0.15) is 0 Å². The quantitative estimate of drug-likeness (QED) is 0.899. The van der Waals surface area contributed by atoms with Crippen LogP contribution in [0.2, 0.25) is 0 Å². The van der Waals surface area contributed by atoms with Crippen LogP contribution in [0.15, 0.2) is 18.2 Å². The molecule has 0 atom stereocenters. The predicted octanol–water partition coefficient (Wildman–Crippen LogP) is 2.96. The molecule has 19 heavy (non-hydrogen) atoms. The van der Waals surface area contributed by atoms with Gasteiger partial charge in [0.2, 0.25) is 0 Å². The van der Waals surface area contributed by atoms with E-state index in [1.165, 1.54) is 5.56 Å². The Labute approximate surface area is 113 Å². The van der Waals surface area contributed by atoms with Crippen molar-refractivity contribution >= 4 is 10.9 Å². The van der Waals surface area contributed by atoms with Gasteiger partial charge in [-0.3, -0.25) is 4.98 Å². The molecule has 0 saturated heterocycles. The molecule has 1 aromatic heterocycles. The Kier molecular flexibility index (Phi) is 2.75. The molecule has 0 unspecified atom stereocenters. The van der Waals surface area contributed by atoms with Gasteiger partial charge < -0.3 is 9.84 Å². The molecule has 0 aliphatic heterocycles. The fraction of sp³-hybridized carbons (Fsp3) is 0.438. The van der Waals surface area contributed by atoms with E-state index in [0.717, 1.165) is 47.2 Å². The molecular formula is C16H19NO2. The molecule has 0 spiro atoms. The van der Waals surface area contributed by atoms with E-state index in [2.05, 4.69) is 0 Å². The molecule has 100 valence electrons. The normalized spacial score (nSPS) is 14.7. The van der Waals surface area contributed by atoms with Crippen LogP contribution in [-0.2, 0) is 18.4 Å². The highest BCUT2D eigenvalue weighted by molar-refractivity contribution is 5.86. The van der Waals surface area contributed by atoms with Crippen molar-refractivity contribution < 1.29 is 9.84 Å². The number of methoxy groups -OCH3 is 1. The van der Waals surface area contributed by atoms with Gasteiger partial charge in [-0.05, 0) is 62.4 Å². The first-order valence-corrected chi connectivity index (χ1v) is 6.73. The van der Waals surface area contributed by atoms with Crippen LogP contribution >= 0.6 is 0 Å². The van der Waals surface area contributed by atoms with Crippen molar-refractivity contribution in [2.75, 3.05) is 7.11 Å². The number of aryl methyl sites for hydroxylation is 1. The van der Waals surface area contributed by atoms with Crippen LogP contribution < -0.4 is 4.74 Å². The second-order valence-corrected chi connectivity index (χ2v) is 5.71. The summed E-state index contributed by atoms with van der Waals surface area (Å²) in [6.45, 7) is 3.69. The van der Waals surface area contributed by atoms with E-state index >= 15 is 0 Å². The maximum Gasteiger partial charge on any atom is 0.119 e. The number of aromatic nitrogens is 1. The molecule has 1 aliphatic carbocycles.